The Morgan fingerprint density at radius 3 is 2.35 bits per heavy atom. The van der Waals surface area contributed by atoms with E-state index in [-0.39, 0.29) is 0 Å². The second-order valence-corrected chi connectivity index (χ2v) is 6.00. The lowest BCUT2D eigenvalue weighted by molar-refractivity contribution is 0.00545. The Bertz CT molecular complexity index is 476. The van der Waals surface area contributed by atoms with E-state index in [4.69, 9.17) is 5.26 Å². The van der Waals surface area contributed by atoms with Crippen molar-refractivity contribution in [3.05, 3.63) is 35.4 Å². The summed E-state index contributed by atoms with van der Waals surface area (Å²) in [6.07, 6.45) is 0. The summed E-state index contributed by atoms with van der Waals surface area (Å²) < 4.78 is 0. The monoisotopic (exact) mass is 270 g/mol. The fraction of sp³-hybridized carbons (Fsp3) is 0.562. The molecule has 0 radical (unpaired) electrons. The van der Waals surface area contributed by atoms with Gasteiger partial charge in [0.2, 0.25) is 0 Å². The predicted molar refractivity (Wildman–Crippen MR) is 79.3 cm³/mol. The van der Waals surface area contributed by atoms with Gasteiger partial charge in [-0.15, -0.1) is 0 Å². The number of nitriles is 1. The highest BCUT2D eigenvalue weighted by Crippen LogP contribution is 2.19. The number of likely N-dealkylation sites (N-methyl/N-ethyl adjacent to an activating group) is 1. The van der Waals surface area contributed by atoms with Crippen LogP contribution in [0.2, 0.25) is 0 Å². The SMILES string of the molecule is CN1CCN(C2CN(Cc3ccc(C#N)cc3)C2)CC1. The fourth-order valence-corrected chi connectivity index (χ4v) is 3.03. The maximum absolute atomic E-state index is 8.80. The molecule has 0 unspecified atom stereocenters. The molecule has 0 bridgehead atoms. The molecule has 2 saturated heterocycles. The van der Waals surface area contributed by atoms with Gasteiger partial charge in [0.15, 0.2) is 0 Å². The normalized spacial score (nSPS) is 22.4. The van der Waals surface area contributed by atoms with Crippen molar-refractivity contribution in [1.82, 2.24) is 14.7 Å². The number of hydrogen-bond donors (Lipinski definition) is 0. The first-order valence-corrected chi connectivity index (χ1v) is 7.38. The van der Waals surface area contributed by atoms with E-state index in [9.17, 15) is 0 Å². The molecule has 0 saturated carbocycles. The molecule has 0 N–H and O–H groups in total. The number of rotatable bonds is 3. The third-order valence-electron chi connectivity index (χ3n) is 4.48. The van der Waals surface area contributed by atoms with Crippen LogP contribution in [0, 0.1) is 11.3 Å². The Kier molecular flexibility index (Phi) is 4.02. The summed E-state index contributed by atoms with van der Waals surface area (Å²) in [5, 5.41) is 8.80. The van der Waals surface area contributed by atoms with Crippen LogP contribution >= 0.6 is 0 Å². The van der Waals surface area contributed by atoms with Crippen molar-refractivity contribution in [2.45, 2.75) is 12.6 Å². The van der Waals surface area contributed by atoms with Gasteiger partial charge in [0.25, 0.3) is 0 Å². The molecule has 2 aliphatic rings. The lowest BCUT2D eigenvalue weighted by Crippen LogP contribution is -2.62. The van der Waals surface area contributed by atoms with E-state index in [2.05, 4.69) is 39.9 Å². The van der Waals surface area contributed by atoms with Crippen molar-refractivity contribution in [1.29, 1.82) is 5.26 Å². The molecule has 0 aromatic heterocycles. The topological polar surface area (TPSA) is 33.5 Å². The van der Waals surface area contributed by atoms with Crippen molar-refractivity contribution >= 4 is 0 Å². The highest BCUT2D eigenvalue weighted by molar-refractivity contribution is 5.31. The van der Waals surface area contributed by atoms with Crippen LogP contribution in [0.5, 0.6) is 0 Å². The average molecular weight is 270 g/mol. The Labute approximate surface area is 121 Å². The summed E-state index contributed by atoms with van der Waals surface area (Å²) in [5.41, 5.74) is 2.05. The molecule has 2 fully saturated rings. The highest BCUT2D eigenvalue weighted by atomic mass is 15.3. The standard InChI is InChI=1S/C16H22N4/c1-18-6-8-20(9-7-18)16-12-19(13-16)11-15-4-2-14(10-17)3-5-15/h2-5,16H,6-9,11-13H2,1H3. The van der Waals surface area contributed by atoms with Gasteiger partial charge in [-0.05, 0) is 24.7 Å². The van der Waals surface area contributed by atoms with Crippen LogP contribution in [0.25, 0.3) is 0 Å². The van der Waals surface area contributed by atoms with E-state index in [0.717, 1.165) is 18.2 Å². The van der Waals surface area contributed by atoms with Crippen LogP contribution in [-0.4, -0.2) is 67.1 Å². The molecule has 3 rings (SSSR count). The largest absolute Gasteiger partial charge is 0.304 e. The van der Waals surface area contributed by atoms with Gasteiger partial charge in [-0.2, -0.15) is 5.26 Å². The molecule has 2 aliphatic heterocycles. The molecular formula is C16H22N4. The molecule has 0 amide bonds. The molecule has 1 aromatic rings. The molecular weight excluding hydrogens is 248 g/mol. The number of likely N-dealkylation sites (tertiary alicyclic amines) is 1. The van der Waals surface area contributed by atoms with Crippen LogP contribution in [0.3, 0.4) is 0 Å². The van der Waals surface area contributed by atoms with Gasteiger partial charge in [-0.25, -0.2) is 0 Å². The zero-order valence-corrected chi connectivity index (χ0v) is 12.1. The first kappa shape index (κ1) is 13.6. The quantitative estimate of drug-likeness (QED) is 0.820. The summed E-state index contributed by atoms with van der Waals surface area (Å²) in [7, 11) is 2.20. The van der Waals surface area contributed by atoms with Crippen LogP contribution in [-0.2, 0) is 6.54 Å². The van der Waals surface area contributed by atoms with E-state index < -0.39 is 0 Å². The molecule has 2 heterocycles. The summed E-state index contributed by atoms with van der Waals surface area (Å²) in [6, 6.07) is 10.9. The van der Waals surface area contributed by atoms with Crippen LogP contribution < -0.4 is 0 Å². The van der Waals surface area contributed by atoms with Crippen LogP contribution in [0.1, 0.15) is 11.1 Å². The van der Waals surface area contributed by atoms with Gasteiger partial charge in [0.1, 0.15) is 0 Å². The van der Waals surface area contributed by atoms with Gasteiger partial charge in [-0.3, -0.25) is 9.80 Å². The predicted octanol–water partition coefficient (Wildman–Crippen LogP) is 0.990. The second kappa shape index (κ2) is 5.92. The second-order valence-electron chi connectivity index (χ2n) is 6.00. The molecule has 1 aromatic carbocycles. The first-order valence-electron chi connectivity index (χ1n) is 7.38. The van der Waals surface area contributed by atoms with E-state index in [1.165, 1.54) is 44.8 Å². The molecule has 0 spiro atoms. The van der Waals surface area contributed by atoms with Crippen LogP contribution in [0.4, 0.5) is 0 Å². The molecule has 0 atom stereocenters. The van der Waals surface area contributed by atoms with Gasteiger partial charge in [-0.1, -0.05) is 12.1 Å². The van der Waals surface area contributed by atoms with E-state index in [0.29, 0.717) is 0 Å². The maximum Gasteiger partial charge on any atom is 0.0991 e. The van der Waals surface area contributed by atoms with Crippen LogP contribution in [0.15, 0.2) is 24.3 Å². The number of benzene rings is 1. The Balaban J connectivity index is 1.45. The molecule has 20 heavy (non-hydrogen) atoms. The minimum absolute atomic E-state index is 0.743. The van der Waals surface area contributed by atoms with Crippen molar-refractivity contribution in [3.8, 4) is 6.07 Å². The fourth-order valence-electron chi connectivity index (χ4n) is 3.03. The number of nitrogens with zero attached hydrogens (tertiary/aromatic N) is 4. The zero-order valence-electron chi connectivity index (χ0n) is 12.1. The van der Waals surface area contributed by atoms with Gasteiger partial charge >= 0.3 is 0 Å². The summed E-state index contributed by atoms with van der Waals surface area (Å²) in [5.74, 6) is 0. The van der Waals surface area contributed by atoms with Crippen molar-refractivity contribution in [3.63, 3.8) is 0 Å². The van der Waals surface area contributed by atoms with E-state index >= 15 is 0 Å². The number of hydrogen-bond acceptors (Lipinski definition) is 4. The molecule has 0 aliphatic carbocycles. The Morgan fingerprint density at radius 1 is 1.10 bits per heavy atom. The van der Waals surface area contributed by atoms with E-state index in [1.54, 1.807) is 0 Å². The lowest BCUT2D eigenvalue weighted by Gasteiger charge is -2.48. The van der Waals surface area contributed by atoms with Gasteiger partial charge in [0, 0.05) is 51.9 Å². The maximum atomic E-state index is 8.80. The number of piperazine rings is 1. The zero-order chi connectivity index (χ0) is 13.9. The Hall–Kier alpha value is -1.41. The third-order valence-corrected chi connectivity index (χ3v) is 4.48. The molecule has 4 nitrogen and oxygen atoms in total. The van der Waals surface area contributed by atoms with Crippen molar-refractivity contribution in [2.75, 3.05) is 46.3 Å². The smallest absolute Gasteiger partial charge is 0.0991 e. The van der Waals surface area contributed by atoms with Crippen molar-refractivity contribution < 1.29 is 0 Å². The summed E-state index contributed by atoms with van der Waals surface area (Å²) in [6.45, 7) is 8.21. The minimum Gasteiger partial charge on any atom is -0.304 e. The summed E-state index contributed by atoms with van der Waals surface area (Å²) in [4.78, 5) is 7.53. The Morgan fingerprint density at radius 2 is 1.75 bits per heavy atom. The first-order chi connectivity index (χ1) is 9.74. The molecule has 106 valence electrons. The molecule has 4 heteroatoms. The third kappa shape index (κ3) is 3.01. The van der Waals surface area contributed by atoms with E-state index in [1.807, 2.05) is 12.1 Å². The highest BCUT2D eigenvalue weighted by Gasteiger charge is 2.32. The lowest BCUT2D eigenvalue weighted by atomic mass is 10.0. The minimum atomic E-state index is 0.743. The van der Waals surface area contributed by atoms with Gasteiger partial charge in [0.05, 0.1) is 11.6 Å². The van der Waals surface area contributed by atoms with Gasteiger partial charge < -0.3 is 4.90 Å². The summed E-state index contributed by atoms with van der Waals surface area (Å²) >= 11 is 0. The average Bonchev–Trinajstić information content (AvgIpc) is 2.44. The van der Waals surface area contributed by atoms with Crippen molar-refractivity contribution in [2.24, 2.45) is 0 Å².